The number of fused-ring (bicyclic) bond motifs is 3. The molecule has 8 heteroatoms. The van der Waals surface area contributed by atoms with Gasteiger partial charge in [-0.3, -0.25) is 4.79 Å². The Balaban J connectivity index is 1.69. The van der Waals surface area contributed by atoms with Crippen LogP contribution in [-0.4, -0.2) is 47.2 Å². The molecule has 0 radical (unpaired) electrons. The van der Waals surface area contributed by atoms with Crippen molar-refractivity contribution in [1.29, 1.82) is 0 Å². The first-order valence-corrected chi connectivity index (χ1v) is 9.65. The minimum Gasteiger partial charge on any atom is -0.432 e. The average Bonchev–Trinajstić information content (AvgIpc) is 3.18. The molecule has 0 unspecified atom stereocenters. The van der Waals surface area contributed by atoms with Gasteiger partial charge >= 0.3 is 0 Å². The molecular formula is C22H19N5O3. The van der Waals surface area contributed by atoms with Crippen LogP contribution in [0.4, 0.5) is 11.5 Å². The minimum atomic E-state index is -0.274. The molecule has 5 rings (SSSR count). The summed E-state index contributed by atoms with van der Waals surface area (Å²) in [4.78, 5) is 27.8. The molecule has 4 heterocycles. The van der Waals surface area contributed by atoms with E-state index in [2.05, 4.69) is 21.8 Å². The normalized spacial score (nSPS) is 14.2. The Morgan fingerprint density at radius 3 is 2.87 bits per heavy atom. The van der Waals surface area contributed by atoms with Crippen LogP contribution in [-0.2, 0) is 9.53 Å². The lowest BCUT2D eigenvalue weighted by Gasteiger charge is -2.27. The number of anilines is 2. The third-order valence-electron chi connectivity index (χ3n) is 4.96. The number of nitrogens with one attached hydrogen (secondary N) is 1. The fourth-order valence-electron chi connectivity index (χ4n) is 3.51. The largest absolute Gasteiger partial charge is 0.432 e. The van der Waals surface area contributed by atoms with Crippen LogP contribution in [0.5, 0.6) is 0 Å². The molecule has 1 fully saturated rings. The van der Waals surface area contributed by atoms with Crippen molar-refractivity contribution in [1.82, 2.24) is 15.0 Å². The van der Waals surface area contributed by atoms with Crippen molar-refractivity contribution < 1.29 is 13.9 Å². The molecule has 0 spiro atoms. The summed E-state index contributed by atoms with van der Waals surface area (Å²) in [6, 6.07) is 11.2. The van der Waals surface area contributed by atoms with Gasteiger partial charge in [-0.15, -0.1) is 0 Å². The van der Waals surface area contributed by atoms with E-state index in [0.29, 0.717) is 54.6 Å². The van der Waals surface area contributed by atoms with E-state index in [0.717, 1.165) is 16.8 Å². The van der Waals surface area contributed by atoms with E-state index in [1.807, 2.05) is 36.4 Å². The number of nitrogens with zero attached hydrogens (tertiary/aromatic N) is 4. The Morgan fingerprint density at radius 1 is 1.17 bits per heavy atom. The zero-order chi connectivity index (χ0) is 20.5. The second kappa shape index (κ2) is 7.57. The number of rotatable bonds is 4. The van der Waals surface area contributed by atoms with Crippen LogP contribution < -0.4 is 10.2 Å². The van der Waals surface area contributed by atoms with E-state index in [-0.39, 0.29) is 5.91 Å². The Bertz CT molecular complexity index is 1260. The summed E-state index contributed by atoms with van der Waals surface area (Å²) < 4.78 is 11.5. The van der Waals surface area contributed by atoms with E-state index >= 15 is 0 Å². The van der Waals surface area contributed by atoms with Gasteiger partial charge in [-0.05, 0) is 30.3 Å². The minimum absolute atomic E-state index is 0.274. The Hall–Kier alpha value is -3.78. The first kappa shape index (κ1) is 18.3. The zero-order valence-corrected chi connectivity index (χ0v) is 16.2. The van der Waals surface area contributed by atoms with Crippen LogP contribution in [0.2, 0.25) is 0 Å². The number of amides is 1. The van der Waals surface area contributed by atoms with E-state index in [4.69, 9.17) is 19.1 Å². The van der Waals surface area contributed by atoms with Gasteiger partial charge in [-0.1, -0.05) is 18.7 Å². The summed E-state index contributed by atoms with van der Waals surface area (Å²) >= 11 is 0. The Kier molecular flexibility index (Phi) is 4.61. The predicted molar refractivity (Wildman–Crippen MR) is 114 cm³/mol. The van der Waals surface area contributed by atoms with Crippen LogP contribution in [0.15, 0.2) is 59.7 Å². The molecule has 0 atom stereocenters. The second-order valence-electron chi connectivity index (χ2n) is 6.88. The molecule has 1 amide bonds. The van der Waals surface area contributed by atoms with Gasteiger partial charge in [0.1, 0.15) is 5.52 Å². The number of pyridine rings is 1. The predicted octanol–water partition coefficient (Wildman–Crippen LogP) is 3.40. The van der Waals surface area contributed by atoms with Crippen molar-refractivity contribution in [2.75, 3.05) is 36.5 Å². The Morgan fingerprint density at radius 2 is 2.03 bits per heavy atom. The highest BCUT2D eigenvalue weighted by atomic mass is 16.5. The van der Waals surface area contributed by atoms with Gasteiger partial charge in [0.05, 0.1) is 18.6 Å². The summed E-state index contributed by atoms with van der Waals surface area (Å²) in [7, 11) is 0. The van der Waals surface area contributed by atoms with Crippen molar-refractivity contribution in [3.8, 4) is 11.4 Å². The molecule has 1 aliphatic heterocycles. The van der Waals surface area contributed by atoms with Gasteiger partial charge in [0.25, 0.3) is 0 Å². The highest BCUT2D eigenvalue weighted by Gasteiger charge is 2.22. The summed E-state index contributed by atoms with van der Waals surface area (Å²) in [5.41, 5.74) is 3.29. The quantitative estimate of drug-likeness (QED) is 0.524. The summed E-state index contributed by atoms with van der Waals surface area (Å²) in [6.07, 6.45) is 2.93. The number of aromatic nitrogens is 3. The molecule has 1 aliphatic rings. The molecule has 1 aromatic carbocycles. The van der Waals surface area contributed by atoms with Crippen LogP contribution in [0, 0.1) is 0 Å². The molecule has 0 bridgehead atoms. The van der Waals surface area contributed by atoms with Crippen molar-refractivity contribution in [3.05, 3.63) is 55.3 Å². The van der Waals surface area contributed by atoms with Crippen LogP contribution in [0.3, 0.4) is 0 Å². The molecule has 4 aromatic rings. The fourth-order valence-corrected chi connectivity index (χ4v) is 3.51. The summed E-state index contributed by atoms with van der Waals surface area (Å²) in [5, 5.41) is 3.61. The summed E-state index contributed by atoms with van der Waals surface area (Å²) in [5.74, 6) is 0.992. The molecule has 1 N–H and O–H groups in total. The lowest BCUT2D eigenvalue weighted by atomic mass is 10.1. The number of hydrogen-bond donors (Lipinski definition) is 1. The van der Waals surface area contributed by atoms with Crippen molar-refractivity contribution in [2.45, 2.75) is 0 Å². The van der Waals surface area contributed by atoms with Gasteiger partial charge < -0.3 is 19.4 Å². The molecular weight excluding hydrogens is 382 g/mol. The SMILES string of the molecule is C=CC(=O)Nc1cccc(-c2nc(N3CCOCC3)c3oc4ncccc4c3n2)c1. The highest BCUT2D eigenvalue weighted by Crippen LogP contribution is 2.34. The number of ether oxygens (including phenoxy) is 1. The molecule has 1 saturated heterocycles. The molecule has 8 nitrogen and oxygen atoms in total. The smallest absolute Gasteiger partial charge is 0.247 e. The highest BCUT2D eigenvalue weighted by molar-refractivity contribution is 6.05. The standard InChI is InChI=1S/C22H19N5O3/c1-2-17(28)24-15-6-3-5-14(13-15)20-25-18-16-7-4-8-23-22(16)30-19(18)21(26-20)27-9-11-29-12-10-27/h2-8,13H,1,9-12H2,(H,24,28). The van der Waals surface area contributed by atoms with Crippen LogP contribution in [0.25, 0.3) is 33.6 Å². The zero-order valence-electron chi connectivity index (χ0n) is 16.2. The first-order chi connectivity index (χ1) is 14.7. The molecule has 3 aromatic heterocycles. The number of carbonyl (C=O) groups is 1. The van der Waals surface area contributed by atoms with Gasteiger partial charge in [-0.25, -0.2) is 15.0 Å². The van der Waals surface area contributed by atoms with Gasteiger partial charge in [0.15, 0.2) is 17.2 Å². The maximum absolute atomic E-state index is 11.7. The third kappa shape index (κ3) is 3.27. The molecule has 0 aliphatic carbocycles. The number of furan rings is 1. The van der Waals surface area contributed by atoms with E-state index < -0.39 is 0 Å². The maximum atomic E-state index is 11.7. The number of carbonyl (C=O) groups excluding carboxylic acids is 1. The Labute approximate surface area is 172 Å². The first-order valence-electron chi connectivity index (χ1n) is 9.65. The molecule has 0 saturated carbocycles. The number of benzene rings is 1. The summed E-state index contributed by atoms with van der Waals surface area (Å²) in [6.45, 7) is 6.17. The van der Waals surface area contributed by atoms with Crippen molar-refractivity contribution in [3.63, 3.8) is 0 Å². The van der Waals surface area contributed by atoms with E-state index in [1.165, 1.54) is 6.08 Å². The van der Waals surface area contributed by atoms with E-state index in [9.17, 15) is 4.79 Å². The topological polar surface area (TPSA) is 93.4 Å². The van der Waals surface area contributed by atoms with Gasteiger partial charge in [-0.2, -0.15) is 0 Å². The average molecular weight is 401 g/mol. The van der Waals surface area contributed by atoms with Crippen LogP contribution in [0.1, 0.15) is 0 Å². The maximum Gasteiger partial charge on any atom is 0.247 e. The molecule has 30 heavy (non-hydrogen) atoms. The van der Waals surface area contributed by atoms with E-state index in [1.54, 1.807) is 6.20 Å². The second-order valence-corrected chi connectivity index (χ2v) is 6.88. The lowest BCUT2D eigenvalue weighted by Crippen LogP contribution is -2.37. The lowest BCUT2D eigenvalue weighted by molar-refractivity contribution is -0.111. The fraction of sp³-hybridized carbons (Fsp3) is 0.182. The van der Waals surface area contributed by atoms with Gasteiger partial charge in [0.2, 0.25) is 11.6 Å². The van der Waals surface area contributed by atoms with Gasteiger partial charge in [0, 0.05) is 30.5 Å². The van der Waals surface area contributed by atoms with Crippen LogP contribution >= 0.6 is 0 Å². The van der Waals surface area contributed by atoms with Crippen molar-refractivity contribution >= 4 is 39.6 Å². The molecule has 150 valence electrons. The monoisotopic (exact) mass is 401 g/mol. The van der Waals surface area contributed by atoms with Crippen molar-refractivity contribution in [2.24, 2.45) is 0 Å². The number of hydrogen-bond acceptors (Lipinski definition) is 7. The third-order valence-corrected chi connectivity index (χ3v) is 4.96. The number of morpholine rings is 1.